The zero-order valence-corrected chi connectivity index (χ0v) is 19.4. The van der Waals surface area contributed by atoms with Crippen molar-refractivity contribution in [2.75, 3.05) is 6.54 Å². The summed E-state index contributed by atoms with van der Waals surface area (Å²) in [5.41, 5.74) is 0.141. The minimum atomic E-state index is -1.50. The highest BCUT2D eigenvalue weighted by molar-refractivity contribution is 5.92. The predicted octanol–water partition coefficient (Wildman–Crippen LogP) is 5.24. The number of carboxylic acid groups (broad SMARTS) is 1. The van der Waals surface area contributed by atoms with Crippen molar-refractivity contribution < 1.29 is 19.1 Å². The van der Waals surface area contributed by atoms with Gasteiger partial charge in [0.25, 0.3) is 5.91 Å². The number of aromatic nitrogens is 2. The van der Waals surface area contributed by atoms with Gasteiger partial charge in [0, 0.05) is 18.9 Å². The van der Waals surface area contributed by atoms with Gasteiger partial charge < -0.3 is 14.8 Å². The molecular weight excluding hydrogens is 430 g/mol. The summed E-state index contributed by atoms with van der Waals surface area (Å²) in [6, 6.07) is 12.8. The molecule has 2 N–H and O–H groups in total. The van der Waals surface area contributed by atoms with Gasteiger partial charge in [-0.25, -0.2) is 4.98 Å². The number of amides is 1. The van der Waals surface area contributed by atoms with Crippen molar-refractivity contribution >= 4 is 18.0 Å². The highest BCUT2D eigenvalue weighted by atomic mass is 16.4. The second kappa shape index (κ2) is 12.5. The van der Waals surface area contributed by atoms with Crippen molar-refractivity contribution in [3.63, 3.8) is 0 Å². The lowest BCUT2D eigenvalue weighted by molar-refractivity contribution is -0.143. The molecule has 7 heteroatoms. The standard InChI is InChI=1S/C27H31N3O4/c1-2-3-10-18-29-24(31)23-20-34-25(30-23)27(26(32)33,22-14-7-4-8-15-22)16-9-5-6-12-21-13-11-17-28-19-21/h4,6-8,11-15,17,19-20H,2-3,5,9-10,16,18H2,1H3,(H,29,31)(H,32,33). The maximum atomic E-state index is 12.7. The summed E-state index contributed by atoms with van der Waals surface area (Å²) in [6.07, 6.45) is 13.2. The van der Waals surface area contributed by atoms with E-state index in [9.17, 15) is 14.7 Å². The molecule has 0 fully saturated rings. The molecule has 0 saturated carbocycles. The van der Waals surface area contributed by atoms with Gasteiger partial charge in [-0.05, 0) is 42.9 Å². The number of oxazole rings is 1. The second-order valence-corrected chi connectivity index (χ2v) is 8.16. The normalized spacial score (nSPS) is 13.0. The Morgan fingerprint density at radius 2 is 1.94 bits per heavy atom. The zero-order valence-electron chi connectivity index (χ0n) is 19.4. The van der Waals surface area contributed by atoms with E-state index >= 15 is 0 Å². The van der Waals surface area contributed by atoms with E-state index in [0.29, 0.717) is 24.9 Å². The van der Waals surface area contributed by atoms with E-state index in [1.165, 1.54) is 6.26 Å². The van der Waals surface area contributed by atoms with Crippen LogP contribution in [0.15, 0.2) is 71.6 Å². The van der Waals surface area contributed by atoms with E-state index in [4.69, 9.17) is 4.42 Å². The van der Waals surface area contributed by atoms with Crippen LogP contribution in [0.25, 0.3) is 6.08 Å². The number of carbonyl (C=O) groups is 2. The van der Waals surface area contributed by atoms with Gasteiger partial charge in [0.15, 0.2) is 11.1 Å². The number of benzene rings is 1. The Morgan fingerprint density at radius 1 is 1.12 bits per heavy atom. The first-order valence-electron chi connectivity index (χ1n) is 11.7. The van der Waals surface area contributed by atoms with E-state index in [2.05, 4.69) is 22.2 Å². The van der Waals surface area contributed by atoms with Crippen molar-refractivity contribution in [1.29, 1.82) is 0 Å². The van der Waals surface area contributed by atoms with Gasteiger partial charge in [-0.1, -0.05) is 68.3 Å². The lowest BCUT2D eigenvalue weighted by Gasteiger charge is -2.26. The number of carboxylic acids is 1. The average Bonchev–Trinajstić information content (AvgIpc) is 3.36. The Morgan fingerprint density at radius 3 is 2.65 bits per heavy atom. The van der Waals surface area contributed by atoms with E-state index in [-0.39, 0.29) is 23.9 Å². The van der Waals surface area contributed by atoms with Crippen molar-refractivity contribution in [2.24, 2.45) is 0 Å². The Kier molecular flexibility index (Phi) is 9.14. The lowest BCUT2D eigenvalue weighted by atomic mass is 9.76. The Labute approximate surface area is 200 Å². The summed E-state index contributed by atoms with van der Waals surface area (Å²) in [5, 5.41) is 13.2. The van der Waals surface area contributed by atoms with Gasteiger partial charge >= 0.3 is 5.97 Å². The molecule has 3 aromatic rings. The highest BCUT2D eigenvalue weighted by Crippen LogP contribution is 2.37. The fourth-order valence-electron chi connectivity index (χ4n) is 3.84. The van der Waals surface area contributed by atoms with Crippen LogP contribution in [0.1, 0.15) is 73.0 Å². The van der Waals surface area contributed by atoms with Crippen LogP contribution in [0.2, 0.25) is 0 Å². The summed E-state index contributed by atoms with van der Waals surface area (Å²) in [5.74, 6) is -1.41. The van der Waals surface area contributed by atoms with Crippen LogP contribution >= 0.6 is 0 Å². The molecule has 0 bridgehead atoms. The number of hydrogen-bond acceptors (Lipinski definition) is 5. The van der Waals surface area contributed by atoms with Gasteiger partial charge in [-0.15, -0.1) is 0 Å². The molecule has 0 aliphatic carbocycles. The first-order valence-corrected chi connectivity index (χ1v) is 11.7. The molecule has 7 nitrogen and oxygen atoms in total. The third-order valence-corrected chi connectivity index (χ3v) is 5.72. The number of unbranched alkanes of at least 4 members (excludes halogenated alkanes) is 3. The molecule has 3 rings (SSSR count). The first-order chi connectivity index (χ1) is 16.6. The second-order valence-electron chi connectivity index (χ2n) is 8.16. The number of carbonyl (C=O) groups excluding carboxylic acids is 1. The topological polar surface area (TPSA) is 105 Å². The third kappa shape index (κ3) is 6.19. The molecule has 0 aliphatic rings. The molecule has 1 amide bonds. The summed E-state index contributed by atoms with van der Waals surface area (Å²) < 4.78 is 5.64. The van der Waals surface area contributed by atoms with Crippen molar-refractivity contribution in [3.8, 4) is 0 Å². The fraction of sp³-hybridized carbons (Fsp3) is 0.333. The van der Waals surface area contributed by atoms with Gasteiger partial charge in [-0.2, -0.15) is 0 Å². The third-order valence-electron chi connectivity index (χ3n) is 5.72. The van der Waals surface area contributed by atoms with Crippen molar-refractivity contribution in [2.45, 2.75) is 50.9 Å². The number of allylic oxidation sites excluding steroid dienone is 1. The quantitative estimate of drug-likeness (QED) is 0.337. The molecule has 2 aromatic heterocycles. The smallest absolute Gasteiger partial charge is 0.323 e. The molecule has 1 atom stereocenters. The van der Waals surface area contributed by atoms with E-state index < -0.39 is 11.4 Å². The highest BCUT2D eigenvalue weighted by Gasteiger charge is 2.46. The van der Waals surface area contributed by atoms with Crippen LogP contribution < -0.4 is 5.32 Å². The molecule has 0 saturated heterocycles. The summed E-state index contributed by atoms with van der Waals surface area (Å²) in [7, 11) is 0. The summed E-state index contributed by atoms with van der Waals surface area (Å²) in [6.45, 7) is 2.64. The van der Waals surface area contributed by atoms with E-state index in [0.717, 1.165) is 24.8 Å². The summed E-state index contributed by atoms with van der Waals surface area (Å²) >= 11 is 0. The molecule has 0 radical (unpaired) electrons. The van der Waals surface area contributed by atoms with E-state index in [1.54, 1.807) is 36.7 Å². The molecule has 2 heterocycles. The number of nitrogens with zero attached hydrogens (tertiary/aromatic N) is 2. The van der Waals surface area contributed by atoms with Crippen LogP contribution in [0.5, 0.6) is 0 Å². The van der Waals surface area contributed by atoms with Crippen LogP contribution in [-0.2, 0) is 10.2 Å². The molecule has 34 heavy (non-hydrogen) atoms. The van der Waals surface area contributed by atoms with Gasteiger partial charge in [0.05, 0.1) is 0 Å². The van der Waals surface area contributed by atoms with Crippen LogP contribution in [0.4, 0.5) is 0 Å². The number of aliphatic carboxylic acids is 1. The number of rotatable bonds is 13. The number of hydrogen-bond donors (Lipinski definition) is 2. The largest absolute Gasteiger partial charge is 0.480 e. The van der Waals surface area contributed by atoms with Crippen molar-refractivity contribution in [1.82, 2.24) is 15.3 Å². The van der Waals surface area contributed by atoms with Crippen LogP contribution in [0, 0.1) is 0 Å². The molecular formula is C27H31N3O4. The maximum absolute atomic E-state index is 12.7. The first kappa shape index (κ1) is 24.9. The van der Waals surface area contributed by atoms with Crippen molar-refractivity contribution in [3.05, 3.63) is 89.9 Å². The Bertz CT molecular complexity index is 1080. The Hall–Kier alpha value is -3.74. The zero-order chi connectivity index (χ0) is 24.2. The summed E-state index contributed by atoms with van der Waals surface area (Å²) in [4.78, 5) is 33.6. The van der Waals surface area contributed by atoms with Gasteiger partial charge in [0.2, 0.25) is 5.89 Å². The molecule has 0 aliphatic heterocycles. The molecule has 0 spiro atoms. The molecule has 1 unspecified atom stereocenters. The monoisotopic (exact) mass is 461 g/mol. The average molecular weight is 462 g/mol. The minimum absolute atomic E-state index is 0.0150. The molecule has 178 valence electrons. The molecule has 1 aromatic carbocycles. The SMILES string of the molecule is CCCCCNC(=O)c1coc(C(CCCC=Cc2cccnc2)(C(=O)O)c2ccccc2)n1. The fourth-order valence-corrected chi connectivity index (χ4v) is 3.84. The Balaban J connectivity index is 1.80. The predicted molar refractivity (Wildman–Crippen MR) is 130 cm³/mol. The lowest BCUT2D eigenvalue weighted by Crippen LogP contribution is -2.38. The van der Waals surface area contributed by atoms with E-state index in [1.807, 2.05) is 30.4 Å². The maximum Gasteiger partial charge on any atom is 0.323 e. The van der Waals surface area contributed by atoms with Gasteiger partial charge in [0.1, 0.15) is 6.26 Å². The van der Waals surface area contributed by atoms with Gasteiger partial charge in [-0.3, -0.25) is 14.6 Å². The van der Waals surface area contributed by atoms with Crippen LogP contribution in [-0.4, -0.2) is 33.5 Å². The number of pyridine rings is 1. The number of nitrogens with one attached hydrogen (secondary N) is 1. The van der Waals surface area contributed by atoms with Crippen LogP contribution in [0.3, 0.4) is 0 Å². The minimum Gasteiger partial charge on any atom is -0.480 e.